The topological polar surface area (TPSA) is 63.9 Å². The zero-order chi connectivity index (χ0) is 6.57. The summed E-state index contributed by atoms with van der Waals surface area (Å²) in [6.07, 6.45) is 0.705. The molecule has 0 atom stereocenters. The van der Waals surface area contributed by atoms with Crippen LogP contribution in [0.25, 0.3) is 0 Å². The molecule has 0 aliphatic heterocycles. The summed E-state index contributed by atoms with van der Waals surface area (Å²) in [7, 11) is -2.28. The first-order chi connectivity index (χ1) is 3.68. The largest absolute Gasteiger partial charge is 0.336 e. The molecule has 0 aromatic carbocycles. The summed E-state index contributed by atoms with van der Waals surface area (Å²) < 4.78 is 0. The molecule has 0 spiro atoms. The number of hydrogen-bond donors (Lipinski definition) is 3. The summed E-state index contributed by atoms with van der Waals surface area (Å²) in [4.78, 5) is 17.0. The summed E-state index contributed by atoms with van der Waals surface area (Å²) in [6, 6.07) is 0. The molecule has 0 aliphatic carbocycles. The molecule has 0 bridgehead atoms. The van der Waals surface area contributed by atoms with Crippen LogP contribution in [-0.4, -0.2) is 26.4 Å². The minimum absolute atomic E-state index is 0.304. The van der Waals surface area contributed by atoms with Crippen molar-refractivity contribution in [1.29, 1.82) is 0 Å². The van der Waals surface area contributed by atoms with E-state index < -0.39 is 8.53 Å². The quantitative estimate of drug-likeness (QED) is 0.388. The Morgan fingerprint density at radius 2 is 2.00 bits per heavy atom. The highest BCUT2D eigenvalue weighted by Crippen LogP contribution is 2.26. The lowest BCUT2D eigenvalue weighted by Crippen LogP contribution is -2.12. The summed E-state index contributed by atoms with van der Waals surface area (Å²) in [5, 5.41) is 8.49. The molecule has 3 N–H and O–H groups in total. The Morgan fingerprint density at radius 3 is 2.12 bits per heavy atom. The molecule has 0 amide bonds. The van der Waals surface area contributed by atoms with E-state index in [4.69, 9.17) is 15.0 Å². The number of hydroxylamine groups is 1. The van der Waals surface area contributed by atoms with Crippen molar-refractivity contribution in [1.82, 2.24) is 4.83 Å². The average molecular weight is 139 g/mol. The third-order valence-corrected chi connectivity index (χ3v) is 1.24. The third kappa shape index (κ3) is 3.29. The normalized spacial score (nSPS) is 11.2. The highest BCUT2D eigenvalue weighted by atomic mass is 31.2. The van der Waals surface area contributed by atoms with E-state index >= 15 is 0 Å². The van der Waals surface area contributed by atoms with Crippen LogP contribution >= 0.6 is 8.53 Å². The van der Waals surface area contributed by atoms with Gasteiger partial charge in [-0.1, -0.05) is 6.92 Å². The first kappa shape index (κ1) is 8.27. The highest BCUT2D eigenvalue weighted by molar-refractivity contribution is 7.42. The Kier molecular flexibility index (Phi) is 4.32. The van der Waals surface area contributed by atoms with Crippen molar-refractivity contribution in [3.8, 4) is 0 Å². The maximum Gasteiger partial charge on any atom is 0.278 e. The molecule has 0 aliphatic rings. The second-order valence-electron chi connectivity index (χ2n) is 1.36. The van der Waals surface area contributed by atoms with E-state index in [9.17, 15) is 0 Å². The fourth-order valence-corrected chi connectivity index (χ4v) is 0.668. The second kappa shape index (κ2) is 4.18. The fourth-order valence-electron chi connectivity index (χ4n) is 0.289. The monoisotopic (exact) mass is 139 g/mol. The lowest BCUT2D eigenvalue weighted by atomic mass is 10.5. The van der Waals surface area contributed by atoms with Crippen LogP contribution in [0.2, 0.25) is 0 Å². The van der Waals surface area contributed by atoms with Crippen LogP contribution in [0.4, 0.5) is 0 Å². The van der Waals surface area contributed by atoms with Crippen LogP contribution in [0.5, 0.6) is 0 Å². The van der Waals surface area contributed by atoms with Crippen molar-refractivity contribution in [2.75, 3.05) is 6.54 Å². The first-order valence-electron chi connectivity index (χ1n) is 2.32. The Balaban J connectivity index is 3.17. The molecule has 0 unspecified atom stereocenters. The fraction of sp³-hybridized carbons (Fsp3) is 1.00. The number of nitrogens with zero attached hydrogens (tertiary/aromatic N) is 1. The molecular formula is C3H10NO3P. The molecule has 5 heteroatoms. The molecule has 50 valence electrons. The van der Waals surface area contributed by atoms with E-state index in [1.807, 2.05) is 6.92 Å². The minimum atomic E-state index is -2.28. The van der Waals surface area contributed by atoms with E-state index in [0.29, 0.717) is 17.8 Å². The van der Waals surface area contributed by atoms with Gasteiger partial charge >= 0.3 is 0 Å². The van der Waals surface area contributed by atoms with Gasteiger partial charge in [-0.05, 0) is 6.42 Å². The Labute approximate surface area is 49.3 Å². The SMILES string of the molecule is CCCN(O)P(O)O. The van der Waals surface area contributed by atoms with E-state index in [1.165, 1.54) is 0 Å². The van der Waals surface area contributed by atoms with Gasteiger partial charge in [-0.15, -0.1) is 4.83 Å². The maximum absolute atomic E-state index is 8.49. The predicted octanol–water partition coefficient (Wildman–Crippen LogP) is 0.299. The minimum Gasteiger partial charge on any atom is -0.336 e. The molecule has 0 saturated carbocycles. The van der Waals surface area contributed by atoms with E-state index in [2.05, 4.69) is 0 Å². The van der Waals surface area contributed by atoms with Crippen LogP contribution in [0.3, 0.4) is 0 Å². The van der Waals surface area contributed by atoms with Crippen molar-refractivity contribution in [2.45, 2.75) is 13.3 Å². The van der Waals surface area contributed by atoms with Crippen LogP contribution in [-0.2, 0) is 0 Å². The van der Waals surface area contributed by atoms with Gasteiger partial charge in [0.1, 0.15) is 0 Å². The maximum atomic E-state index is 8.49. The van der Waals surface area contributed by atoms with Crippen molar-refractivity contribution in [3.05, 3.63) is 0 Å². The Bertz CT molecular complexity index is 60.5. The van der Waals surface area contributed by atoms with Crippen LogP contribution in [0.15, 0.2) is 0 Å². The van der Waals surface area contributed by atoms with Gasteiger partial charge in [0.05, 0.1) is 0 Å². The summed E-state index contributed by atoms with van der Waals surface area (Å²) >= 11 is 0. The molecule has 0 fully saturated rings. The van der Waals surface area contributed by atoms with Gasteiger partial charge in [-0.2, -0.15) is 0 Å². The zero-order valence-electron chi connectivity index (χ0n) is 4.65. The van der Waals surface area contributed by atoms with E-state index in [0.717, 1.165) is 0 Å². The summed E-state index contributed by atoms with van der Waals surface area (Å²) in [6.45, 7) is 2.14. The van der Waals surface area contributed by atoms with Gasteiger partial charge in [0.2, 0.25) is 0 Å². The average Bonchev–Trinajstić information content (AvgIpc) is 1.67. The van der Waals surface area contributed by atoms with E-state index in [-0.39, 0.29) is 0 Å². The Morgan fingerprint density at radius 1 is 1.50 bits per heavy atom. The van der Waals surface area contributed by atoms with Crippen molar-refractivity contribution >= 4 is 8.53 Å². The third-order valence-electron chi connectivity index (χ3n) is 0.630. The van der Waals surface area contributed by atoms with Gasteiger partial charge in [0.25, 0.3) is 8.53 Å². The van der Waals surface area contributed by atoms with Gasteiger partial charge in [0, 0.05) is 6.54 Å². The zero-order valence-corrected chi connectivity index (χ0v) is 5.54. The predicted molar refractivity (Wildman–Crippen MR) is 30.1 cm³/mol. The molecule has 4 nitrogen and oxygen atoms in total. The molecule has 0 heterocycles. The van der Waals surface area contributed by atoms with E-state index in [1.54, 1.807) is 0 Å². The number of hydrogen-bond acceptors (Lipinski definition) is 4. The van der Waals surface area contributed by atoms with Gasteiger partial charge in [-0.25, -0.2) is 0 Å². The van der Waals surface area contributed by atoms with Crippen LogP contribution in [0, 0.1) is 0 Å². The molecule has 0 aromatic heterocycles. The summed E-state index contributed by atoms with van der Waals surface area (Å²) in [5.74, 6) is 0. The molecule has 8 heavy (non-hydrogen) atoms. The smallest absolute Gasteiger partial charge is 0.278 e. The standard InChI is InChI=1S/C3H10NO3P/c1-2-3-4(5)8(6)7/h5-7H,2-3H2,1H3. The van der Waals surface area contributed by atoms with Gasteiger partial charge in [0.15, 0.2) is 0 Å². The van der Waals surface area contributed by atoms with Gasteiger partial charge < -0.3 is 15.0 Å². The van der Waals surface area contributed by atoms with Crippen molar-refractivity contribution in [3.63, 3.8) is 0 Å². The highest BCUT2D eigenvalue weighted by Gasteiger charge is 2.06. The second-order valence-corrected chi connectivity index (χ2v) is 2.36. The van der Waals surface area contributed by atoms with Crippen molar-refractivity contribution < 1.29 is 15.0 Å². The number of rotatable bonds is 3. The molecular weight excluding hydrogens is 129 g/mol. The molecule has 0 radical (unpaired) electrons. The van der Waals surface area contributed by atoms with Crippen LogP contribution in [0.1, 0.15) is 13.3 Å². The molecule has 0 aromatic rings. The van der Waals surface area contributed by atoms with Gasteiger partial charge in [-0.3, -0.25) is 0 Å². The summed E-state index contributed by atoms with van der Waals surface area (Å²) in [5.41, 5.74) is 0. The lowest BCUT2D eigenvalue weighted by Gasteiger charge is -2.12. The Hall–Kier alpha value is 0.270. The van der Waals surface area contributed by atoms with Crippen LogP contribution < -0.4 is 0 Å². The van der Waals surface area contributed by atoms with Crippen molar-refractivity contribution in [2.24, 2.45) is 0 Å². The molecule has 0 rings (SSSR count). The molecule has 0 saturated heterocycles. The first-order valence-corrected chi connectivity index (χ1v) is 3.52. The lowest BCUT2D eigenvalue weighted by molar-refractivity contribution is -0.0122.